The molecule has 0 aromatic heterocycles. The predicted molar refractivity (Wildman–Crippen MR) is 95.0 cm³/mol. The van der Waals surface area contributed by atoms with Gasteiger partial charge in [-0.2, -0.15) is 26.3 Å². The van der Waals surface area contributed by atoms with E-state index in [-0.39, 0.29) is 37.3 Å². The smallest absolute Gasteiger partial charge is 0.391 e. The summed E-state index contributed by atoms with van der Waals surface area (Å²) in [4.78, 5) is 24.4. The molecule has 30 heavy (non-hydrogen) atoms. The van der Waals surface area contributed by atoms with Crippen molar-refractivity contribution >= 4 is 23.0 Å². The highest BCUT2D eigenvalue weighted by Crippen LogP contribution is 2.40. The van der Waals surface area contributed by atoms with Crippen LogP contribution >= 0.6 is 0 Å². The number of halogens is 6. The van der Waals surface area contributed by atoms with Crippen LogP contribution in [0.15, 0.2) is 12.1 Å². The number of hydrogen-bond acceptors (Lipinski definition) is 5. The van der Waals surface area contributed by atoms with Gasteiger partial charge in [-0.05, 0) is 18.9 Å². The first kappa shape index (κ1) is 23.5. The van der Waals surface area contributed by atoms with Crippen LogP contribution in [0, 0.1) is 16.0 Å². The fraction of sp³-hybridized carbons (Fsp3) is 0.588. The van der Waals surface area contributed by atoms with E-state index in [2.05, 4.69) is 0 Å². The molecule has 0 saturated carbocycles. The molecule has 1 aromatic rings. The number of hydrogen-bond donors (Lipinski definition) is 1. The van der Waals surface area contributed by atoms with E-state index >= 15 is 0 Å². The third-order valence-corrected chi connectivity index (χ3v) is 4.96. The van der Waals surface area contributed by atoms with Crippen LogP contribution in [-0.2, 0) is 0 Å². The molecule has 1 aromatic carbocycles. The average molecular weight is 443 g/mol. The number of carbonyl (C=O) groups is 1. The number of alkyl halides is 6. The Hall–Kier alpha value is -2.73. The summed E-state index contributed by atoms with van der Waals surface area (Å²) in [6.45, 7) is -0.908. The topological polar surface area (TPSA) is 86.9 Å². The zero-order valence-corrected chi connectivity index (χ0v) is 15.8. The molecule has 168 valence electrons. The molecule has 0 spiro atoms. The Morgan fingerprint density at radius 1 is 1.23 bits per heavy atom. The van der Waals surface area contributed by atoms with Crippen LogP contribution in [0.2, 0.25) is 0 Å². The molecule has 1 heterocycles. The zero-order chi connectivity index (χ0) is 22.9. The van der Waals surface area contributed by atoms with Crippen LogP contribution in [0.25, 0.3) is 0 Å². The molecule has 7 nitrogen and oxygen atoms in total. The molecule has 1 N–H and O–H groups in total. The number of carboxylic acid groups (broad SMARTS) is 1. The maximum Gasteiger partial charge on any atom is 0.391 e. The van der Waals surface area contributed by atoms with E-state index in [9.17, 15) is 46.4 Å². The number of piperidine rings is 1. The molecule has 1 saturated heterocycles. The Balaban J connectivity index is 2.42. The van der Waals surface area contributed by atoms with Gasteiger partial charge in [0.15, 0.2) is 0 Å². The molecule has 1 fully saturated rings. The minimum absolute atomic E-state index is 0.0671. The molecular formula is C17H19F6N3O4. The highest BCUT2D eigenvalue weighted by molar-refractivity contribution is 5.97. The van der Waals surface area contributed by atoms with Crippen molar-refractivity contribution in [3.8, 4) is 0 Å². The molecule has 0 aliphatic carbocycles. The predicted octanol–water partition coefficient (Wildman–Crippen LogP) is 4.46. The monoisotopic (exact) mass is 443 g/mol. The fourth-order valence-corrected chi connectivity index (χ4v) is 3.31. The van der Waals surface area contributed by atoms with Crippen molar-refractivity contribution < 1.29 is 41.2 Å². The lowest BCUT2D eigenvalue weighted by molar-refractivity contribution is -0.384. The van der Waals surface area contributed by atoms with Crippen LogP contribution in [-0.4, -0.2) is 55.0 Å². The second-order valence-electron chi connectivity index (χ2n) is 7.01. The maximum atomic E-state index is 12.9. The molecule has 0 atom stereocenters. The summed E-state index contributed by atoms with van der Waals surface area (Å²) in [6, 6.07) is 1.79. The lowest BCUT2D eigenvalue weighted by Crippen LogP contribution is -2.39. The molecule has 1 aliphatic rings. The maximum absolute atomic E-state index is 12.9. The van der Waals surface area contributed by atoms with Gasteiger partial charge in [0.05, 0.1) is 28.5 Å². The minimum Gasteiger partial charge on any atom is -0.478 e. The second-order valence-corrected chi connectivity index (χ2v) is 7.01. The Morgan fingerprint density at radius 3 is 2.23 bits per heavy atom. The number of rotatable bonds is 6. The van der Waals surface area contributed by atoms with Crippen molar-refractivity contribution in [1.82, 2.24) is 0 Å². The van der Waals surface area contributed by atoms with Gasteiger partial charge in [-0.15, -0.1) is 0 Å². The van der Waals surface area contributed by atoms with Crippen molar-refractivity contribution in [2.75, 3.05) is 36.5 Å². The van der Waals surface area contributed by atoms with E-state index in [4.69, 9.17) is 0 Å². The van der Waals surface area contributed by atoms with Crippen molar-refractivity contribution in [2.24, 2.45) is 5.92 Å². The Labute approximate surface area is 167 Å². The number of carboxylic acids is 1. The third-order valence-electron chi connectivity index (χ3n) is 4.96. The first-order valence-corrected chi connectivity index (χ1v) is 8.86. The number of benzene rings is 1. The molecule has 0 radical (unpaired) electrons. The first-order chi connectivity index (χ1) is 13.7. The van der Waals surface area contributed by atoms with Gasteiger partial charge in [0.25, 0.3) is 5.69 Å². The quantitative estimate of drug-likeness (QED) is 0.397. The SMILES string of the molecule is CN(CCC(F)(F)F)c1cc(N2CCC(C(F)(F)F)CC2)c(C(=O)O)cc1[N+](=O)[O-]. The molecule has 13 heteroatoms. The van der Waals surface area contributed by atoms with E-state index < -0.39 is 53.4 Å². The van der Waals surface area contributed by atoms with Crippen molar-refractivity contribution in [3.05, 3.63) is 27.8 Å². The highest BCUT2D eigenvalue weighted by atomic mass is 19.4. The lowest BCUT2D eigenvalue weighted by atomic mass is 9.95. The van der Waals surface area contributed by atoms with E-state index in [0.29, 0.717) is 0 Å². The Bertz CT molecular complexity index is 804. The van der Waals surface area contributed by atoms with Crippen molar-refractivity contribution in [1.29, 1.82) is 0 Å². The zero-order valence-electron chi connectivity index (χ0n) is 15.8. The van der Waals surface area contributed by atoms with Gasteiger partial charge in [-0.1, -0.05) is 0 Å². The van der Waals surface area contributed by atoms with Crippen LogP contribution in [0.4, 0.5) is 43.4 Å². The van der Waals surface area contributed by atoms with E-state index in [1.54, 1.807) is 0 Å². The number of nitrogens with zero attached hydrogens (tertiary/aromatic N) is 3. The number of aromatic carboxylic acids is 1. The number of nitro groups is 1. The number of anilines is 2. The van der Waals surface area contributed by atoms with Gasteiger partial charge in [0.2, 0.25) is 0 Å². The van der Waals surface area contributed by atoms with E-state index in [1.165, 1.54) is 11.9 Å². The summed E-state index contributed by atoms with van der Waals surface area (Å²) in [5.74, 6) is -3.08. The summed E-state index contributed by atoms with van der Waals surface area (Å²) in [6.07, 6.45) is -10.7. The van der Waals surface area contributed by atoms with Gasteiger partial charge < -0.3 is 14.9 Å². The first-order valence-electron chi connectivity index (χ1n) is 8.86. The normalized spacial score (nSPS) is 15.9. The lowest BCUT2D eigenvalue weighted by Gasteiger charge is -2.35. The Kier molecular flexibility index (Phi) is 6.72. The summed E-state index contributed by atoms with van der Waals surface area (Å²) in [5.41, 5.74) is -1.52. The average Bonchev–Trinajstić information content (AvgIpc) is 2.63. The van der Waals surface area contributed by atoms with Crippen LogP contribution in [0.5, 0.6) is 0 Å². The van der Waals surface area contributed by atoms with E-state index in [0.717, 1.165) is 17.0 Å². The largest absolute Gasteiger partial charge is 0.478 e. The van der Waals surface area contributed by atoms with Crippen LogP contribution in [0.1, 0.15) is 29.6 Å². The Morgan fingerprint density at radius 2 is 1.80 bits per heavy atom. The second kappa shape index (κ2) is 8.56. The van der Waals surface area contributed by atoms with Crippen LogP contribution < -0.4 is 9.80 Å². The van der Waals surface area contributed by atoms with Gasteiger partial charge in [-0.25, -0.2) is 4.79 Å². The van der Waals surface area contributed by atoms with Crippen LogP contribution in [0.3, 0.4) is 0 Å². The van der Waals surface area contributed by atoms with Crippen molar-refractivity contribution in [3.63, 3.8) is 0 Å². The minimum atomic E-state index is -4.51. The molecular weight excluding hydrogens is 424 g/mol. The summed E-state index contributed by atoms with van der Waals surface area (Å²) < 4.78 is 76.2. The standard InChI is InChI=1S/C17H19F6N3O4/c1-24(7-4-16(18,19)20)13-9-12(11(15(27)28)8-14(13)26(29)30)25-5-2-10(3-6-25)17(21,22)23/h8-10H,2-7H2,1H3,(H,27,28). The van der Waals surface area contributed by atoms with Gasteiger partial charge in [0.1, 0.15) is 5.69 Å². The van der Waals surface area contributed by atoms with Gasteiger partial charge >= 0.3 is 18.3 Å². The molecule has 0 bridgehead atoms. The molecule has 0 amide bonds. The van der Waals surface area contributed by atoms with Crippen molar-refractivity contribution in [2.45, 2.75) is 31.6 Å². The molecule has 2 rings (SSSR count). The summed E-state index contributed by atoms with van der Waals surface area (Å²) in [5, 5.41) is 20.8. The number of nitro benzene ring substituents is 1. The fourth-order valence-electron chi connectivity index (χ4n) is 3.31. The van der Waals surface area contributed by atoms with Gasteiger partial charge in [-0.3, -0.25) is 10.1 Å². The molecule has 1 aliphatic heterocycles. The summed E-state index contributed by atoms with van der Waals surface area (Å²) in [7, 11) is 1.19. The highest BCUT2D eigenvalue weighted by Gasteiger charge is 2.41. The van der Waals surface area contributed by atoms with Gasteiger partial charge in [0, 0.05) is 32.7 Å². The molecule has 0 unspecified atom stereocenters. The summed E-state index contributed by atoms with van der Waals surface area (Å²) >= 11 is 0. The van der Waals surface area contributed by atoms with E-state index in [1.807, 2.05) is 0 Å². The third kappa shape index (κ3) is 5.66.